The van der Waals surface area contributed by atoms with Crippen molar-refractivity contribution in [2.45, 2.75) is 0 Å². The topological polar surface area (TPSA) is 0 Å². The molecule has 0 aliphatic heterocycles. The molecule has 1 aromatic carbocycles. The third-order valence-electron chi connectivity index (χ3n) is 0.737. The fourth-order valence-electron chi connectivity index (χ4n) is 0.387. The summed E-state index contributed by atoms with van der Waals surface area (Å²) in [6, 6.07) is 6.91. The van der Waals surface area contributed by atoms with Crippen LogP contribution in [0.15, 0.2) is 22.7 Å². The van der Waals surface area contributed by atoms with E-state index >= 15 is 0 Å². The predicted molar refractivity (Wildman–Crippen MR) is 32.9 cm³/mol. The maximum atomic E-state index is 12.0. The van der Waals surface area contributed by atoms with E-state index in [2.05, 4.69) is 22.0 Å². The van der Waals surface area contributed by atoms with E-state index in [9.17, 15) is 4.39 Å². The fourth-order valence-corrected chi connectivity index (χ4v) is 0.634. The van der Waals surface area contributed by atoms with Crippen LogP contribution in [-0.4, -0.2) is 0 Å². The van der Waals surface area contributed by atoms with Gasteiger partial charge in [-0.1, -0.05) is 4.47 Å². The van der Waals surface area contributed by atoms with Crippen LogP contribution in [0.4, 0.5) is 4.39 Å². The van der Waals surface area contributed by atoms with Crippen molar-refractivity contribution >= 4 is 15.9 Å². The Bertz CT molecular complexity index is 152. The molecular weight excluding hydrogens is 178 g/mol. The van der Waals surface area contributed by atoms with Gasteiger partial charge in [0.2, 0.25) is 0 Å². The Morgan fingerprint density at radius 3 is 2.44 bits per heavy atom. The zero-order valence-corrected chi connectivity index (χ0v) is 6.57. The molecule has 0 saturated heterocycles. The van der Waals surface area contributed by atoms with Crippen molar-refractivity contribution in [1.82, 2.24) is 0 Å². The van der Waals surface area contributed by atoms with Crippen molar-refractivity contribution < 1.29 is 23.3 Å². The molecule has 9 heavy (non-hydrogen) atoms. The van der Waals surface area contributed by atoms with Crippen LogP contribution >= 0.6 is 15.9 Å². The molecule has 0 N–H and O–H groups in total. The number of rotatable bonds is 0. The minimum atomic E-state index is -0.326. The molecule has 0 amide bonds. The summed E-state index contributed by atoms with van der Waals surface area (Å²) in [6.07, 6.45) is 0. The molecule has 0 radical (unpaired) electrons. The number of hydrogen-bond donors (Lipinski definition) is 0. The third-order valence-corrected chi connectivity index (χ3v) is 1.23. The van der Waals surface area contributed by atoms with Crippen LogP contribution in [0.1, 0.15) is 0 Å². The largest absolute Gasteiger partial charge is 1.00 e. The van der Waals surface area contributed by atoms with Gasteiger partial charge >= 0.3 is 18.9 Å². The fraction of sp³-hybridized carbons (Fsp3) is 0. The molecule has 0 aliphatic rings. The van der Waals surface area contributed by atoms with Crippen LogP contribution in [-0.2, 0) is 0 Å². The van der Waals surface area contributed by atoms with Crippen LogP contribution < -0.4 is 18.9 Å². The molecule has 0 aromatic heterocycles. The summed E-state index contributed by atoms with van der Waals surface area (Å²) in [5.41, 5.74) is 0. The average molecular weight is 181 g/mol. The van der Waals surface area contributed by atoms with Gasteiger partial charge in [-0.25, -0.2) is 4.39 Å². The Kier molecular flexibility index (Phi) is 4.21. The van der Waals surface area contributed by atoms with Crippen molar-refractivity contribution in [1.29, 1.82) is 0 Å². The first-order chi connectivity index (χ1) is 3.79. The Morgan fingerprint density at radius 1 is 1.44 bits per heavy atom. The monoisotopic (exact) mass is 180 g/mol. The van der Waals surface area contributed by atoms with Crippen LogP contribution in [0.3, 0.4) is 0 Å². The van der Waals surface area contributed by atoms with Crippen molar-refractivity contribution in [2.75, 3.05) is 0 Å². The Morgan fingerprint density at radius 2 is 2.11 bits per heavy atom. The first-order valence-electron chi connectivity index (χ1n) is 2.12. The molecule has 0 bridgehead atoms. The summed E-state index contributed by atoms with van der Waals surface area (Å²) in [5, 5.41) is 0. The summed E-state index contributed by atoms with van der Waals surface area (Å²) < 4.78 is 12.9. The second-order valence-electron chi connectivity index (χ2n) is 1.35. The zero-order chi connectivity index (χ0) is 5.98. The molecule has 1 rings (SSSR count). The van der Waals surface area contributed by atoms with Gasteiger partial charge in [-0.15, -0.1) is 28.1 Å². The summed E-state index contributed by atoms with van der Waals surface area (Å²) in [4.78, 5) is 0. The standard InChI is InChI=1S/C6H3BrF.Li/c7-5-1-3-6(8)4-2-5;/h1-3H;/q-1;+1. The van der Waals surface area contributed by atoms with E-state index in [-0.39, 0.29) is 24.7 Å². The molecule has 0 saturated carbocycles. The van der Waals surface area contributed by atoms with Gasteiger partial charge in [0.1, 0.15) is 0 Å². The van der Waals surface area contributed by atoms with E-state index in [1.54, 1.807) is 6.07 Å². The predicted octanol–water partition coefficient (Wildman–Crippen LogP) is -0.608. The van der Waals surface area contributed by atoms with Crippen molar-refractivity contribution in [3.8, 4) is 0 Å². The maximum Gasteiger partial charge on any atom is 1.00 e. The summed E-state index contributed by atoms with van der Waals surface area (Å²) >= 11 is 3.15. The van der Waals surface area contributed by atoms with Gasteiger partial charge in [-0.2, -0.15) is 12.1 Å². The first-order valence-corrected chi connectivity index (χ1v) is 2.91. The van der Waals surface area contributed by atoms with Crippen LogP contribution in [0.5, 0.6) is 0 Å². The van der Waals surface area contributed by atoms with E-state index in [0.717, 1.165) is 4.47 Å². The van der Waals surface area contributed by atoms with Gasteiger partial charge in [0, 0.05) is 5.82 Å². The van der Waals surface area contributed by atoms with Crippen LogP contribution in [0, 0.1) is 11.9 Å². The van der Waals surface area contributed by atoms with Crippen LogP contribution in [0.25, 0.3) is 0 Å². The van der Waals surface area contributed by atoms with Crippen LogP contribution in [0.2, 0.25) is 0 Å². The van der Waals surface area contributed by atoms with Crippen molar-refractivity contribution in [3.63, 3.8) is 0 Å². The SMILES string of the molecule is Fc1[c-]cc(Br)cc1.[Li+]. The Balaban J connectivity index is 0.000000640. The second-order valence-corrected chi connectivity index (χ2v) is 2.27. The molecule has 0 fully saturated rings. The summed E-state index contributed by atoms with van der Waals surface area (Å²) in [5.74, 6) is -0.326. The van der Waals surface area contributed by atoms with E-state index in [0.29, 0.717) is 0 Å². The summed E-state index contributed by atoms with van der Waals surface area (Å²) in [7, 11) is 0. The normalized spacial score (nSPS) is 8.22. The molecule has 0 heterocycles. The quantitative estimate of drug-likeness (QED) is 0.370. The van der Waals surface area contributed by atoms with Gasteiger partial charge in [-0.3, -0.25) is 0 Å². The Hall–Kier alpha value is 0.227. The molecule has 0 spiro atoms. The van der Waals surface area contributed by atoms with Crippen molar-refractivity contribution in [3.05, 3.63) is 34.6 Å². The zero-order valence-electron chi connectivity index (χ0n) is 4.99. The van der Waals surface area contributed by atoms with Gasteiger partial charge in [0.05, 0.1) is 0 Å². The molecule has 0 atom stereocenters. The second kappa shape index (κ2) is 4.11. The third kappa shape index (κ3) is 3.05. The van der Waals surface area contributed by atoms with E-state index in [1.165, 1.54) is 12.1 Å². The molecule has 1 aromatic rings. The Labute approximate surface area is 73.8 Å². The number of hydrogen-bond acceptors (Lipinski definition) is 0. The van der Waals surface area contributed by atoms with E-state index < -0.39 is 0 Å². The van der Waals surface area contributed by atoms with Crippen molar-refractivity contribution in [2.24, 2.45) is 0 Å². The molecule has 3 heteroatoms. The first kappa shape index (κ1) is 9.23. The van der Waals surface area contributed by atoms with Gasteiger partial charge < -0.3 is 0 Å². The maximum absolute atomic E-state index is 12.0. The van der Waals surface area contributed by atoms with Gasteiger partial charge in [0.25, 0.3) is 0 Å². The molecule has 0 aliphatic carbocycles. The minimum Gasteiger partial charge on any atom is -0.236 e. The molecular formula is C6H3BrFLi. The van der Waals surface area contributed by atoms with E-state index in [1.807, 2.05) is 0 Å². The molecule has 0 unspecified atom stereocenters. The summed E-state index contributed by atoms with van der Waals surface area (Å²) in [6.45, 7) is 0. The van der Waals surface area contributed by atoms with E-state index in [4.69, 9.17) is 0 Å². The minimum absolute atomic E-state index is 0. The number of halogens is 2. The smallest absolute Gasteiger partial charge is 0.236 e. The number of benzene rings is 1. The molecule has 42 valence electrons. The van der Waals surface area contributed by atoms with Gasteiger partial charge in [0.15, 0.2) is 0 Å². The van der Waals surface area contributed by atoms with Gasteiger partial charge in [-0.05, 0) is 0 Å². The molecule has 0 nitrogen and oxygen atoms in total. The average Bonchev–Trinajstić information content (AvgIpc) is 1.77.